The van der Waals surface area contributed by atoms with Crippen molar-refractivity contribution in [3.05, 3.63) is 224 Å². The highest BCUT2D eigenvalue weighted by Gasteiger charge is 2.24. The monoisotopic (exact) mass is 791 g/mol. The molecule has 0 radical (unpaired) electrons. The summed E-state index contributed by atoms with van der Waals surface area (Å²) in [6.45, 7) is 0. The zero-order chi connectivity index (χ0) is 41.0. The van der Waals surface area contributed by atoms with Gasteiger partial charge in [-0.05, 0) is 70.3 Å². The van der Waals surface area contributed by atoms with Gasteiger partial charge in [0, 0.05) is 38.2 Å². The fourth-order valence-corrected chi connectivity index (χ4v) is 9.16. The quantitative estimate of drug-likeness (QED) is 0.162. The van der Waals surface area contributed by atoms with Crippen molar-refractivity contribution in [2.45, 2.75) is 0 Å². The first-order valence-corrected chi connectivity index (χ1v) is 21.0. The molecule has 0 amide bonds. The molecular weight excluding hydrogens is 755 g/mol. The summed E-state index contributed by atoms with van der Waals surface area (Å²) in [6.07, 6.45) is 0. The second-order valence-corrected chi connectivity index (χ2v) is 15.6. The Kier molecular flexibility index (Phi) is 8.42. The summed E-state index contributed by atoms with van der Waals surface area (Å²) >= 11 is 0. The molecule has 0 fully saturated rings. The van der Waals surface area contributed by atoms with E-state index in [0.29, 0.717) is 17.6 Å². The number of rotatable bonds is 7. The van der Waals surface area contributed by atoms with Gasteiger partial charge >= 0.3 is 0 Å². The second kappa shape index (κ2) is 14.7. The smallest absolute Gasteiger partial charge is 0.238 e. The Morgan fingerprint density at radius 1 is 0.274 bits per heavy atom. The molecule has 9 aromatic carbocycles. The van der Waals surface area contributed by atoms with Crippen LogP contribution >= 0.6 is 0 Å². The summed E-state index contributed by atoms with van der Waals surface area (Å²) in [5.41, 5.74) is 14.2. The summed E-state index contributed by atoms with van der Waals surface area (Å²) in [7, 11) is 0. The second-order valence-electron chi connectivity index (χ2n) is 15.6. The average Bonchev–Trinajstić information content (AvgIpc) is 3.88. The van der Waals surface area contributed by atoms with E-state index in [2.05, 4.69) is 209 Å². The van der Waals surface area contributed by atoms with Crippen molar-refractivity contribution < 1.29 is 0 Å². The van der Waals surface area contributed by atoms with Crippen LogP contribution in [0.1, 0.15) is 0 Å². The largest absolute Gasteiger partial charge is 0.309 e. The van der Waals surface area contributed by atoms with E-state index in [0.717, 1.165) is 66.3 Å². The number of hydrogen-bond donors (Lipinski definition) is 0. The van der Waals surface area contributed by atoms with Crippen molar-refractivity contribution in [1.29, 1.82) is 0 Å². The topological polar surface area (TPSA) is 48.5 Å². The Labute approximate surface area is 358 Å². The molecule has 5 heteroatoms. The first-order valence-electron chi connectivity index (χ1n) is 21.0. The van der Waals surface area contributed by atoms with Gasteiger partial charge in [0.25, 0.3) is 0 Å². The molecule has 12 aromatic rings. The lowest BCUT2D eigenvalue weighted by atomic mass is 9.97. The first-order chi connectivity index (χ1) is 30.8. The van der Waals surface area contributed by atoms with Crippen molar-refractivity contribution in [2.24, 2.45) is 0 Å². The predicted molar refractivity (Wildman–Crippen MR) is 256 cm³/mol. The lowest BCUT2D eigenvalue weighted by Gasteiger charge is -2.16. The minimum Gasteiger partial charge on any atom is -0.309 e. The third-order valence-corrected chi connectivity index (χ3v) is 12.0. The van der Waals surface area contributed by atoms with Crippen LogP contribution in [0.25, 0.3) is 111 Å². The van der Waals surface area contributed by atoms with Crippen LogP contribution in [0.2, 0.25) is 0 Å². The molecule has 0 unspecified atom stereocenters. The van der Waals surface area contributed by atoms with Crippen LogP contribution in [0.5, 0.6) is 0 Å². The van der Waals surface area contributed by atoms with Crippen molar-refractivity contribution >= 4 is 43.6 Å². The molecule has 0 saturated carbocycles. The van der Waals surface area contributed by atoms with Gasteiger partial charge in [-0.1, -0.05) is 182 Å². The SMILES string of the molecule is c1ccc(-c2cccc(-c3nc(-c4ccccc4)nc(-n4c5ccccc5c5c6c7ccccc7n(-c7ccc(-c8ccccc8)cc7-c7ccccc7)c6ccc54)n3)c2)cc1. The molecule has 62 heavy (non-hydrogen) atoms. The van der Waals surface area contributed by atoms with Gasteiger partial charge in [-0.3, -0.25) is 4.57 Å². The standard InChI is InChI=1S/C57H37N5/c1-5-18-38(19-6-1)42-26-17-27-44(36-42)56-58-55(41-24-11-4-12-25-41)59-57(60-56)62-49-31-16-14-29-46(49)54-52(62)35-34-51-53(54)45-28-13-15-30-48(45)61(51)50-33-32-43(39-20-7-2-8-21-39)37-47(50)40-22-9-3-10-23-40/h1-37H. The molecule has 0 aliphatic heterocycles. The van der Waals surface area contributed by atoms with Crippen molar-refractivity contribution in [1.82, 2.24) is 24.1 Å². The zero-order valence-corrected chi connectivity index (χ0v) is 33.6. The maximum Gasteiger partial charge on any atom is 0.238 e. The van der Waals surface area contributed by atoms with Crippen molar-refractivity contribution in [2.75, 3.05) is 0 Å². The minimum absolute atomic E-state index is 0.566. The maximum atomic E-state index is 5.32. The Balaban J connectivity index is 1.13. The Morgan fingerprint density at radius 2 is 0.726 bits per heavy atom. The molecule has 0 spiro atoms. The molecule has 12 rings (SSSR count). The van der Waals surface area contributed by atoms with Crippen LogP contribution in [-0.4, -0.2) is 24.1 Å². The molecule has 0 saturated heterocycles. The number of aromatic nitrogens is 5. The highest BCUT2D eigenvalue weighted by Crippen LogP contribution is 2.44. The number of benzene rings is 9. The van der Waals surface area contributed by atoms with Gasteiger partial charge in [0.2, 0.25) is 5.95 Å². The van der Waals surface area contributed by atoms with E-state index in [9.17, 15) is 0 Å². The third-order valence-electron chi connectivity index (χ3n) is 12.0. The normalized spacial score (nSPS) is 11.5. The molecule has 5 nitrogen and oxygen atoms in total. The van der Waals surface area contributed by atoms with Gasteiger partial charge in [0.05, 0.1) is 27.8 Å². The van der Waals surface area contributed by atoms with Crippen LogP contribution in [0.3, 0.4) is 0 Å². The van der Waals surface area contributed by atoms with E-state index in [1.165, 1.54) is 27.5 Å². The van der Waals surface area contributed by atoms with Gasteiger partial charge in [-0.2, -0.15) is 9.97 Å². The summed E-state index contributed by atoms with van der Waals surface area (Å²) in [5, 5.41) is 4.66. The number of fused-ring (bicyclic) bond motifs is 7. The Morgan fingerprint density at radius 3 is 1.34 bits per heavy atom. The van der Waals surface area contributed by atoms with Gasteiger partial charge in [-0.15, -0.1) is 0 Å². The molecule has 0 atom stereocenters. The van der Waals surface area contributed by atoms with Gasteiger partial charge in [0.1, 0.15) is 0 Å². The molecule has 0 aliphatic carbocycles. The molecular formula is C57H37N5. The average molecular weight is 792 g/mol. The Hall–Kier alpha value is -8.41. The highest BCUT2D eigenvalue weighted by molar-refractivity contribution is 6.29. The zero-order valence-electron chi connectivity index (χ0n) is 33.6. The molecule has 0 bridgehead atoms. The third kappa shape index (κ3) is 5.90. The number of para-hydroxylation sites is 2. The van der Waals surface area contributed by atoms with Crippen LogP contribution in [-0.2, 0) is 0 Å². The highest BCUT2D eigenvalue weighted by atomic mass is 15.2. The van der Waals surface area contributed by atoms with Gasteiger partial charge in [-0.25, -0.2) is 4.98 Å². The molecule has 0 N–H and O–H groups in total. The van der Waals surface area contributed by atoms with Crippen LogP contribution in [0.15, 0.2) is 224 Å². The molecule has 3 aromatic heterocycles. The molecule has 0 aliphatic rings. The van der Waals surface area contributed by atoms with E-state index in [-0.39, 0.29) is 0 Å². The van der Waals surface area contributed by atoms with E-state index >= 15 is 0 Å². The summed E-state index contributed by atoms with van der Waals surface area (Å²) in [6, 6.07) is 79.3. The van der Waals surface area contributed by atoms with Gasteiger partial charge in [0.15, 0.2) is 11.6 Å². The van der Waals surface area contributed by atoms with Crippen molar-refractivity contribution in [3.8, 4) is 67.8 Å². The van der Waals surface area contributed by atoms with Crippen LogP contribution in [0.4, 0.5) is 0 Å². The summed E-state index contributed by atoms with van der Waals surface area (Å²) in [4.78, 5) is 15.7. The van der Waals surface area contributed by atoms with Crippen LogP contribution in [0, 0.1) is 0 Å². The van der Waals surface area contributed by atoms with E-state index in [1.807, 2.05) is 24.3 Å². The fourth-order valence-electron chi connectivity index (χ4n) is 9.16. The van der Waals surface area contributed by atoms with E-state index < -0.39 is 0 Å². The van der Waals surface area contributed by atoms with E-state index in [4.69, 9.17) is 15.0 Å². The molecule has 290 valence electrons. The number of nitrogens with zero attached hydrogens (tertiary/aromatic N) is 5. The maximum absolute atomic E-state index is 5.32. The van der Waals surface area contributed by atoms with E-state index in [1.54, 1.807) is 0 Å². The predicted octanol–water partition coefficient (Wildman–Crippen LogP) is 14.4. The lowest BCUT2D eigenvalue weighted by Crippen LogP contribution is -2.06. The molecule has 3 heterocycles. The first kappa shape index (κ1) is 35.5. The van der Waals surface area contributed by atoms with Crippen LogP contribution < -0.4 is 0 Å². The lowest BCUT2D eigenvalue weighted by molar-refractivity contribution is 0.953. The summed E-state index contributed by atoms with van der Waals surface area (Å²) in [5.74, 6) is 1.80. The van der Waals surface area contributed by atoms with Gasteiger partial charge < -0.3 is 4.57 Å². The minimum atomic E-state index is 0.566. The summed E-state index contributed by atoms with van der Waals surface area (Å²) < 4.78 is 4.67. The number of hydrogen-bond acceptors (Lipinski definition) is 3. The fraction of sp³-hybridized carbons (Fsp3) is 0. The van der Waals surface area contributed by atoms with Crippen molar-refractivity contribution in [3.63, 3.8) is 0 Å². The Bertz CT molecular complexity index is 3610.